The van der Waals surface area contributed by atoms with E-state index in [4.69, 9.17) is 16.3 Å². The smallest absolute Gasteiger partial charge is 0.407 e. The van der Waals surface area contributed by atoms with Crippen molar-refractivity contribution in [2.45, 2.75) is 39.2 Å². The lowest BCUT2D eigenvalue weighted by molar-refractivity contribution is 0.0525. The number of anilines is 1. The number of ketones is 1. The fourth-order valence-electron chi connectivity index (χ4n) is 2.08. The summed E-state index contributed by atoms with van der Waals surface area (Å²) in [4.78, 5) is 25.7. The second-order valence-electron chi connectivity index (χ2n) is 6.49. The summed E-state index contributed by atoms with van der Waals surface area (Å²) in [7, 11) is 3.70. The van der Waals surface area contributed by atoms with E-state index in [-0.39, 0.29) is 5.78 Å². The van der Waals surface area contributed by atoms with Crippen LogP contribution in [0.4, 0.5) is 10.5 Å². The standard InChI is InChI=1S/C17H25ClN2O3/c1-17(2,3)23-16(22)19-11-7-10-14(21)12-8-6-9-13(18)15(12)20(4)5/h6,8-9H,7,10-11H2,1-5H3,(H,19,22). The first-order valence-corrected chi connectivity index (χ1v) is 7.95. The molecule has 0 aliphatic carbocycles. The van der Waals surface area contributed by atoms with Gasteiger partial charge in [-0.25, -0.2) is 4.79 Å². The van der Waals surface area contributed by atoms with Crippen LogP contribution >= 0.6 is 11.6 Å². The molecule has 1 aromatic carbocycles. The van der Waals surface area contributed by atoms with E-state index < -0.39 is 11.7 Å². The number of hydrogen-bond donors (Lipinski definition) is 1. The average molecular weight is 341 g/mol. The third kappa shape index (κ3) is 6.48. The van der Waals surface area contributed by atoms with E-state index in [1.165, 1.54) is 0 Å². The van der Waals surface area contributed by atoms with Gasteiger partial charge >= 0.3 is 6.09 Å². The molecule has 1 aromatic rings. The van der Waals surface area contributed by atoms with Crippen molar-refractivity contribution in [3.63, 3.8) is 0 Å². The maximum Gasteiger partial charge on any atom is 0.407 e. The van der Waals surface area contributed by atoms with Crippen LogP contribution in [-0.4, -0.2) is 38.1 Å². The number of Topliss-reactive ketones (excluding diaryl/α,β-unsaturated/α-hetero) is 1. The van der Waals surface area contributed by atoms with Crippen LogP contribution in [0.1, 0.15) is 44.0 Å². The van der Waals surface area contributed by atoms with Crippen molar-refractivity contribution in [1.29, 1.82) is 0 Å². The molecule has 0 spiro atoms. The number of para-hydroxylation sites is 1. The van der Waals surface area contributed by atoms with Gasteiger partial charge in [0.15, 0.2) is 5.78 Å². The molecule has 0 aromatic heterocycles. The zero-order chi connectivity index (χ0) is 17.6. The number of nitrogens with zero attached hydrogens (tertiary/aromatic N) is 1. The zero-order valence-electron chi connectivity index (χ0n) is 14.4. The first-order valence-electron chi connectivity index (χ1n) is 7.57. The molecule has 0 unspecified atom stereocenters. The van der Waals surface area contributed by atoms with Gasteiger partial charge in [0.1, 0.15) is 5.60 Å². The number of benzene rings is 1. The number of nitrogens with one attached hydrogen (secondary N) is 1. The van der Waals surface area contributed by atoms with Crippen LogP contribution in [0.2, 0.25) is 5.02 Å². The largest absolute Gasteiger partial charge is 0.444 e. The molecule has 0 saturated heterocycles. The van der Waals surface area contributed by atoms with Crippen molar-refractivity contribution >= 4 is 29.2 Å². The van der Waals surface area contributed by atoms with Gasteiger partial charge in [-0.1, -0.05) is 17.7 Å². The van der Waals surface area contributed by atoms with Crippen molar-refractivity contribution in [1.82, 2.24) is 5.32 Å². The minimum atomic E-state index is -0.526. The van der Waals surface area contributed by atoms with Gasteiger partial charge in [-0.05, 0) is 39.3 Å². The molecule has 0 saturated carbocycles. The molecule has 1 amide bonds. The van der Waals surface area contributed by atoms with Gasteiger partial charge in [-0.15, -0.1) is 0 Å². The summed E-state index contributed by atoms with van der Waals surface area (Å²) in [5, 5.41) is 3.19. The molecule has 0 radical (unpaired) electrons. The monoisotopic (exact) mass is 340 g/mol. The molecule has 0 bridgehead atoms. The summed E-state index contributed by atoms with van der Waals surface area (Å²) >= 11 is 6.17. The van der Waals surface area contributed by atoms with E-state index in [9.17, 15) is 9.59 Å². The highest BCUT2D eigenvalue weighted by Crippen LogP contribution is 2.29. The van der Waals surface area contributed by atoms with Gasteiger partial charge < -0.3 is 15.0 Å². The number of carbonyl (C=O) groups is 2. The molecule has 0 aliphatic heterocycles. The molecule has 1 N–H and O–H groups in total. The predicted molar refractivity (Wildman–Crippen MR) is 93.6 cm³/mol. The van der Waals surface area contributed by atoms with Crippen molar-refractivity contribution in [3.8, 4) is 0 Å². The molecule has 1 rings (SSSR count). The predicted octanol–water partition coefficient (Wildman–Crippen LogP) is 3.89. The van der Waals surface area contributed by atoms with Crippen molar-refractivity contribution in [2.24, 2.45) is 0 Å². The maximum atomic E-state index is 12.4. The minimum Gasteiger partial charge on any atom is -0.444 e. The number of alkyl carbamates (subject to hydrolysis) is 1. The number of rotatable bonds is 6. The molecular weight excluding hydrogens is 316 g/mol. The minimum absolute atomic E-state index is 0.00203. The first-order chi connectivity index (χ1) is 10.6. The Kier molecular flexibility index (Phi) is 6.88. The van der Waals surface area contributed by atoms with Gasteiger partial charge in [0, 0.05) is 32.6 Å². The average Bonchev–Trinajstić information content (AvgIpc) is 2.40. The van der Waals surface area contributed by atoms with Crippen LogP contribution in [0.3, 0.4) is 0 Å². The molecule has 5 nitrogen and oxygen atoms in total. The topological polar surface area (TPSA) is 58.6 Å². The summed E-state index contributed by atoms with van der Waals surface area (Å²) in [5.41, 5.74) is 0.792. The fraction of sp³-hybridized carbons (Fsp3) is 0.529. The maximum absolute atomic E-state index is 12.4. The molecule has 0 atom stereocenters. The molecule has 0 aliphatic rings. The lowest BCUT2D eigenvalue weighted by atomic mass is 10.0. The lowest BCUT2D eigenvalue weighted by Crippen LogP contribution is -2.33. The number of amides is 1. The second-order valence-corrected chi connectivity index (χ2v) is 6.89. The lowest BCUT2D eigenvalue weighted by Gasteiger charge is -2.20. The third-order valence-corrected chi connectivity index (χ3v) is 3.29. The molecule has 128 valence electrons. The van der Waals surface area contributed by atoms with E-state index in [1.54, 1.807) is 39.0 Å². The van der Waals surface area contributed by atoms with Crippen LogP contribution in [-0.2, 0) is 4.74 Å². The van der Waals surface area contributed by atoms with E-state index >= 15 is 0 Å². The Labute approximate surface area is 142 Å². The Bertz CT molecular complexity index is 565. The normalized spacial score (nSPS) is 11.0. The van der Waals surface area contributed by atoms with Gasteiger partial charge in [0.2, 0.25) is 0 Å². The second kappa shape index (κ2) is 8.20. The highest BCUT2D eigenvalue weighted by molar-refractivity contribution is 6.34. The van der Waals surface area contributed by atoms with Crippen LogP contribution in [0, 0.1) is 0 Å². The highest BCUT2D eigenvalue weighted by Gasteiger charge is 2.17. The molecule has 23 heavy (non-hydrogen) atoms. The summed E-state index contributed by atoms with van der Waals surface area (Å²) in [6.07, 6.45) is 0.399. The first kappa shape index (κ1) is 19.3. The van der Waals surface area contributed by atoms with Crippen LogP contribution in [0.25, 0.3) is 0 Å². The van der Waals surface area contributed by atoms with Gasteiger partial charge in [-0.3, -0.25) is 4.79 Å². The zero-order valence-corrected chi connectivity index (χ0v) is 15.2. The van der Waals surface area contributed by atoms with Crippen LogP contribution < -0.4 is 10.2 Å². The number of halogens is 1. The van der Waals surface area contributed by atoms with Gasteiger partial charge in [0.05, 0.1) is 10.7 Å². The Hall–Kier alpha value is -1.75. The Morgan fingerprint density at radius 2 is 1.91 bits per heavy atom. The number of ether oxygens (including phenoxy) is 1. The summed E-state index contributed by atoms with van der Waals surface area (Å²) in [5.74, 6) is 0.00203. The van der Waals surface area contributed by atoms with Crippen molar-refractivity contribution in [3.05, 3.63) is 28.8 Å². The van der Waals surface area contributed by atoms with Gasteiger partial charge in [0.25, 0.3) is 0 Å². The van der Waals surface area contributed by atoms with E-state index in [0.717, 1.165) is 5.69 Å². The van der Waals surface area contributed by atoms with Gasteiger partial charge in [-0.2, -0.15) is 0 Å². The molecule has 0 fully saturated rings. The molecule has 6 heteroatoms. The third-order valence-electron chi connectivity index (χ3n) is 2.98. The van der Waals surface area contributed by atoms with Crippen LogP contribution in [0.15, 0.2) is 18.2 Å². The summed E-state index contributed by atoms with van der Waals surface area (Å²) in [6.45, 7) is 5.80. The van der Waals surface area contributed by atoms with E-state index in [1.807, 2.05) is 19.0 Å². The highest BCUT2D eigenvalue weighted by atomic mass is 35.5. The van der Waals surface area contributed by atoms with E-state index in [0.29, 0.717) is 30.0 Å². The number of hydrogen-bond acceptors (Lipinski definition) is 4. The summed E-state index contributed by atoms with van der Waals surface area (Å²) in [6, 6.07) is 5.30. The molecule has 0 heterocycles. The quantitative estimate of drug-likeness (QED) is 0.630. The van der Waals surface area contributed by atoms with Crippen molar-refractivity contribution < 1.29 is 14.3 Å². The van der Waals surface area contributed by atoms with E-state index in [2.05, 4.69) is 5.32 Å². The number of carbonyl (C=O) groups excluding carboxylic acids is 2. The molecular formula is C17H25ClN2O3. The SMILES string of the molecule is CN(C)c1c(Cl)cccc1C(=O)CCCNC(=O)OC(C)(C)C. The summed E-state index contributed by atoms with van der Waals surface area (Å²) < 4.78 is 5.14. The Morgan fingerprint density at radius 3 is 2.48 bits per heavy atom. The van der Waals surface area contributed by atoms with Crippen molar-refractivity contribution in [2.75, 3.05) is 25.5 Å². The van der Waals surface area contributed by atoms with Crippen LogP contribution in [0.5, 0.6) is 0 Å². The fourth-order valence-corrected chi connectivity index (χ4v) is 2.43. The Balaban J connectivity index is 2.53. The Morgan fingerprint density at radius 1 is 1.26 bits per heavy atom.